The van der Waals surface area contributed by atoms with E-state index in [2.05, 4.69) is 41.6 Å². The Morgan fingerprint density at radius 2 is 1.63 bits per heavy atom. The van der Waals surface area contributed by atoms with E-state index in [4.69, 9.17) is 9.47 Å². The zero-order chi connectivity index (χ0) is 43.0. The number of rotatable bonds is 11. The summed E-state index contributed by atoms with van der Waals surface area (Å²) in [6.07, 6.45) is 7.85. The van der Waals surface area contributed by atoms with Gasteiger partial charge in [-0.25, -0.2) is 0 Å². The minimum absolute atomic E-state index is 0.0277. The van der Waals surface area contributed by atoms with Crippen molar-refractivity contribution in [2.24, 2.45) is 11.3 Å². The van der Waals surface area contributed by atoms with E-state index in [-0.39, 0.29) is 42.2 Å². The fourth-order valence-electron chi connectivity index (χ4n) is 10.2. The Balaban J connectivity index is 0.680. The van der Waals surface area contributed by atoms with Crippen LogP contribution in [0.5, 0.6) is 11.5 Å². The van der Waals surface area contributed by atoms with Gasteiger partial charge in [0.15, 0.2) is 11.5 Å². The molecule has 1 unspecified atom stereocenters. The van der Waals surface area contributed by atoms with Crippen LogP contribution in [0.15, 0.2) is 48.5 Å². The number of carbonyl (C=O) groups excluding carboxylic acids is 5. The summed E-state index contributed by atoms with van der Waals surface area (Å²) in [5.41, 5.74) is 2.59. The van der Waals surface area contributed by atoms with Crippen LogP contribution in [0.1, 0.15) is 108 Å². The number of piperidine rings is 3. The highest BCUT2D eigenvalue weighted by Gasteiger charge is 2.47. The van der Waals surface area contributed by atoms with Crippen LogP contribution >= 0.6 is 0 Å². The van der Waals surface area contributed by atoms with Crippen molar-refractivity contribution in [3.05, 3.63) is 70.9 Å². The molecule has 0 radical (unpaired) electrons. The number of nitrogens with zero attached hydrogens (tertiary/aromatic N) is 7. The van der Waals surface area contributed by atoms with E-state index in [0.29, 0.717) is 46.4 Å². The normalized spacial score (nSPS) is 24.0. The number of carbonyl (C=O) groups is 5. The number of anilines is 2. The van der Waals surface area contributed by atoms with Gasteiger partial charge in [-0.1, -0.05) is 0 Å². The molecule has 5 amide bonds. The summed E-state index contributed by atoms with van der Waals surface area (Å²) in [5, 5.41) is 23.5. The van der Waals surface area contributed by atoms with E-state index in [9.17, 15) is 29.2 Å². The topological polar surface area (TPSA) is 190 Å². The van der Waals surface area contributed by atoms with Gasteiger partial charge in [-0.2, -0.15) is 5.26 Å². The second-order valence-corrected chi connectivity index (χ2v) is 17.8. The first-order chi connectivity index (χ1) is 30.1. The van der Waals surface area contributed by atoms with Crippen LogP contribution in [0.4, 0.5) is 11.5 Å². The summed E-state index contributed by atoms with van der Waals surface area (Å²) in [6, 6.07) is 15.6. The van der Waals surface area contributed by atoms with Gasteiger partial charge in [0.25, 0.3) is 17.7 Å². The van der Waals surface area contributed by atoms with Crippen molar-refractivity contribution in [2.75, 3.05) is 62.2 Å². The van der Waals surface area contributed by atoms with Gasteiger partial charge in [0.05, 0.1) is 29.4 Å². The lowest BCUT2D eigenvalue weighted by Crippen LogP contribution is -2.60. The van der Waals surface area contributed by atoms with Crippen molar-refractivity contribution < 1.29 is 33.4 Å². The van der Waals surface area contributed by atoms with Crippen LogP contribution in [-0.2, 0) is 9.59 Å². The molecule has 1 aliphatic carbocycles. The average Bonchev–Trinajstić information content (AvgIpc) is 3.52. The molecule has 1 atom stereocenters. The van der Waals surface area contributed by atoms with Gasteiger partial charge >= 0.3 is 0 Å². The molecule has 5 fully saturated rings. The number of likely N-dealkylation sites (tertiary alicyclic amines) is 1. The van der Waals surface area contributed by atoms with Gasteiger partial charge in [0, 0.05) is 62.4 Å². The summed E-state index contributed by atoms with van der Waals surface area (Å²) in [7, 11) is 0. The third kappa shape index (κ3) is 8.42. The average molecular weight is 844 g/mol. The van der Waals surface area contributed by atoms with Gasteiger partial charge in [0.1, 0.15) is 23.6 Å². The van der Waals surface area contributed by atoms with E-state index in [1.54, 1.807) is 36.4 Å². The standard InChI is InChI=1S/C46H53N9O7/c1-2-61-39-24-34(7-3-30(39)25-47)62-33-8-4-31(5-9-33)48-42(57)37-11-13-40(51-50-37)53-19-15-29(16-20-53)26-52-21-17-46(18-22-52)27-54(28-46)32-6-10-35-36(23-32)45(60)55(44(35)59)38-12-14-41(56)49-43(38)58/h3,6-7,10-11,13,23-24,29,31,33,38H,2,4-5,8-9,12,14-22,26-28H2,1H3,(H,48,57)(H,49,56,58)/t31-,33-,38?. The number of hydrogen-bond acceptors (Lipinski definition) is 13. The minimum atomic E-state index is -0.966. The van der Waals surface area contributed by atoms with Crippen molar-refractivity contribution >= 4 is 41.0 Å². The van der Waals surface area contributed by atoms with E-state index in [0.717, 1.165) is 114 Å². The van der Waals surface area contributed by atoms with E-state index >= 15 is 0 Å². The molecule has 16 nitrogen and oxygen atoms in total. The molecular formula is C46H53N9O7. The second-order valence-electron chi connectivity index (χ2n) is 17.8. The van der Waals surface area contributed by atoms with Crippen LogP contribution in [0.25, 0.3) is 0 Å². The Morgan fingerprint density at radius 3 is 2.32 bits per heavy atom. The van der Waals surface area contributed by atoms with Crippen molar-refractivity contribution in [3.63, 3.8) is 0 Å². The molecule has 5 aliphatic heterocycles. The van der Waals surface area contributed by atoms with Crippen LogP contribution < -0.4 is 29.9 Å². The molecule has 16 heteroatoms. The lowest BCUT2D eigenvalue weighted by Gasteiger charge is -2.55. The predicted molar refractivity (Wildman–Crippen MR) is 227 cm³/mol. The quantitative estimate of drug-likeness (QED) is 0.263. The van der Waals surface area contributed by atoms with E-state index in [1.807, 2.05) is 19.1 Å². The largest absolute Gasteiger partial charge is 0.492 e. The molecule has 2 aromatic carbocycles. The fraction of sp³-hybridized carbons (Fsp3) is 0.522. The second kappa shape index (κ2) is 17.4. The maximum absolute atomic E-state index is 13.3. The molecule has 6 aliphatic rings. The molecule has 1 spiro atoms. The van der Waals surface area contributed by atoms with Gasteiger partial charge < -0.3 is 29.5 Å². The number of nitrogens with one attached hydrogen (secondary N) is 2. The summed E-state index contributed by atoms with van der Waals surface area (Å²) in [4.78, 5) is 71.8. The highest BCUT2D eigenvalue weighted by Crippen LogP contribution is 2.44. The predicted octanol–water partition coefficient (Wildman–Crippen LogP) is 4.09. The molecule has 0 bridgehead atoms. The first kappa shape index (κ1) is 41.3. The van der Waals surface area contributed by atoms with Crippen LogP contribution in [-0.4, -0.2) is 120 Å². The molecule has 324 valence electrons. The number of hydrogen-bond donors (Lipinski definition) is 2. The summed E-state index contributed by atoms with van der Waals surface area (Å²) < 4.78 is 11.8. The molecule has 6 heterocycles. The Labute approximate surface area is 360 Å². The van der Waals surface area contributed by atoms with Crippen molar-refractivity contribution in [3.8, 4) is 17.6 Å². The molecule has 4 saturated heterocycles. The lowest BCUT2D eigenvalue weighted by molar-refractivity contribution is -0.136. The SMILES string of the molecule is CCOc1cc(O[C@H]2CC[C@H](NC(=O)c3ccc(N4CCC(CN5CCC6(CC5)CN(c5ccc7c(c5)C(=O)N(C5CCC(=O)NC5=O)C7=O)C6)CC4)nn3)CC2)ccc1C#N. The third-order valence-electron chi connectivity index (χ3n) is 13.8. The van der Waals surface area contributed by atoms with Gasteiger partial charge in [-0.15, -0.1) is 10.2 Å². The molecule has 1 saturated carbocycles. The highest BCUT2D eigenvalue weighted by atomic mass is 16.5. The number of aromatic nitrogens is 2. The molecular weight excluding hydrogens is 791 g/mol. The van der Waals surface area contributed by atoms with Crippen molar-refractivity contribution in [2.45, 2.75) is 89.3 Å². The van der Waals surface area contributed by atoms with Crippen molar-refractivity contribution in [1.82, 2.24) is 30.6 Å². The molecule has 62 heavy (non-hydrogen) atoms. The molecule has 9 rings (SSSR count). The number of ether oxygens (including phenoxy) is 2. The summed E-state index contributed by atoms with van der Waals surface area (Å²) in [5.74, 6) is 0.463. The Morgan fingerprint density at radius 1 is 0.871 bits per heavy atom. The first-order valence-electron chi connectivity index (χ1n) is 22.1. The van der Waals surface area contributed by atoms with E-state index in [1.165, 1.54) is 0 Å². The zero-order valence-corrected chi connectivity index (χ0v) is 35.1. The van der Waals surface area contributed by atoms with Gasteiger partial charge in [-0.3, -0.25) is 34.2 Å². The van der Waals surface area contributed by atoms with Gasteiger partial charge in [0.2, 0.25) is 11.8 Å². The lowest BCUT2D eigenvalue weighted by atomic mass is 9.71. The van der Waals surface area contributed by atoms with Crippen LogP contribution in [0, 0.1) is 22.7 Å². The Hall–Kier alpha value is -6.08. The smallest absolute Gasteiger partial charge is 0.272 e. The Bertz CT molecular complexity index is 2260. The number of fused-ring (bicyclic) bond motifs is 1. The van der Waals surface area contributed by atoms with Crippen molar-refractivity contribution in [1.29, 1.82) is 5.26 Å². The fourth-order valence-corrected chi connectivity index (χ4v) is 10.2. The molecule has 2 N–H and O–H groups in total. The van der Waals surface area contributed by atoms with E-state index < -0.39 is 23.8 Å². The summed E-state index contributed by atoms with van der Waals surface area (Å²) >= 11 is 0. The summed E-state index contributed by atoms with van der Waals surface area (Å²) in [6.45, 7) is 9.18. The zero-order valence-electron chi connectivity index (χ0n) is 35.1. The third-order valence-corrected chi connectivity index (χ3v) is 13.8. The molecule has 3 aromatic rings. The Kier molecular flexibility index (Phi) is 11.6. The van der Waals surface area contributed by atoms with Crippen LogP contribution in [0.3, 0.4) is 0 Å². The number of imide groups is 2. The monoisotopic (exact) mass is 843 g/mol. The number of benzene rings is 2. The number of amides is 5. The first-order valence-corrected chi connectivity index (χ1v) is 22.1. The molecule has 1 aromatic heterocycles. The van der Waals surface area contributed by atoms with Gasteiger partial charge in [-0.05, 0) is 126 Å². The minimum Gasteiger partial charge on any atom is -0.492 e. The maximum Gasteiger partial charge on any atom is 0.272 e. The maximum atomic E-state index is 13.3. The van der Waals surface area contributed by atoms with Crippen LogP contribution in [0.2, 0.25) is 0 Å². The number of nitriles is 1. The highest BCUT2D eigenvalue weighted by molar-refractivity contribution is 6.23.